The highest BCUT2D eigenvalue weighted by Gasteiger charge is 2.26. The fourth-order valence-corrected chi connectivity index (χ4v) is 5.17. The molecular weight excluding hydrogens is 494 g/mol. The summed E-state index contributed by atoms with van der Waals surface area (Å²) in [6, 6.07) is 27.9. The van der Waals surface area contributed by atoms with Gasteiger partial charge in [0.15, 0.2) is 0 Å². The fourth-order valence-electron chi connectivity index (χ4n) is 4.95. The highest BCUT2D eigenvalue weighted by atomic mass is 35.5. The quantitative estimate of drug-likeness (QED) is 0.273. The lowest BCUT2D eigenvalue weighted by Crippen LogP contribution is -2.48. The number of para-hydroxylation sites is 1. The summed E-state index contributed by atoms with van der Waals surface area (Å²) >= 11 is 6.62. The van der Waals surface area contributed by atoms with Gasteiger partial charge >= 0.3 is 0 Å². The number of carbonyl (C=O) groups excluding carboxylic acids is 1. The second kappa shape index (κ2) is 11.7. The molecule has 2 heterocycles. The van der Waals surface area contributed by atoms with Gasteiger partial charge < -0.3 is 14.2 Å². The van der Waals surface area contributed by atoms with Gasteiger partial charge in [-0.1, -0.05) is 66.2 Å². The summed E-state index contributed by atoms with van der Waals surface area (Å²) in [5.41, 5.74) is 5.54. The number of nitrogens with zero attached hydrogens (tertiary/aromatic N) is 3. The predicted octanol–water partition coefficient (Wildman–Crippen LogP) is 6.59. The zero-order chi connectivity index (χ0) is 26.5. The molecule has 1 fully saturated rings. The number of hydrogen-bond donors (Lipinski definition) is 0. The van der Waals surface area contributed by atoms with Crippen LogP contribution in [0, 0.1) is 6.92 Å². The summed E-state index contributed by atoms with van der Waals surface area (Å²) in [7, 11) is 1.65. The van der Waals surface area contributed by atoms with Gasteiger partial charge in [0, 0.05) is 38.4 Å². The molecule has 1 saturated heterocycles. The second-order valence-electron chi connectivity index (χ2n) is 9.45. The third-order valence-electron chi connectivity index (χ3n) is 7.09. The van der Waals surface area contributed by atoms with E-state index >= 15 is 0 Å². The second-order valence-corrected chi connectivity index (χ2v) is 9.86. The Bertz CT molecular complexity index is 1420. The molecule has 3 aromatic carbocycles. The Hall–Kier alpha value is -3.80. The summed E-state index contributed by atoms with van der Waals surface area (Å²) in [5.74, 6) is 0.844. The lowest BCUT2D eigenvalue weighted by Gasteiger charge is -2.34. The van der Waals surface area contributed by atoms with Crippen LogP contribution in [0.3, 0.4) is 0 Å². The van der Waals surface area contributed by atoms with Gasteiger partial charge in [-0.2, -0.15) is 0 Å². The van der Waals surface area contributed by atoms with Crippen LogP contribution in [0.5, 0.6) is 5.75 Å². The van der Waals surface area contributed by atoms with E-state index < -0.39 is 0 Å². The van der Waals surface area contributed by atoms with E-state index in [1.165, 1.54) is 5.56 Å². The van der Waals surface area contributed by atoms with Crippen molar-refractivity contribution in [3.63, 3.8) is 0 Å². The van der Waals surface area contributed by atoms with Crippen LogP contribution >= 0.6 is 11.6 Å². The SMILES string of the molecule is COc1ccc(-c2cc(C(=O)N3CCN(C/C=C/c4ccccc4)CC3)c(C)n2-c2ccccc2Cl)cc1. The number of methoxy groups -OCH3 is 1. The van der Waals surface area contributed by atoms with E-state index in [-0.39, 0.29) is 5.91 Å². The van der Waals surface area contributed by atoms with E-state index in [4.69, 9.17) is 16.3 Å². The molecule has 38 heavy (non-hydrogen) atoms. The monoisotopic (exact) mass is 525 g/mol. The molecular formula is C32H32ClN3O2. The molecule has 4 aromatic rings. The van der Waals surface area contributed by atoms with Gasteiger partial charge in [-0.25, -0.2) is 0 Å². The fraction of sp³-hybridized carbons (Fsp3) is 0.219. The van der Waals surface area contributed by atoms with E-state index in [1.807, 2.05) is 84.6 Å². The number of hydrogen-bond acceptors (Lipinski definition) is 3. The molecule has 1 aliphatic rings. The summed E-state index contributed by atoms with van der Waals surface area (Å²) in [6.45, 7) is 5.97. The Labute approximate surface area is 229 Å². The summed E-state index contributed by atoms with van der Waals surface area (Å²) in [6.07, 6.45) is 4.35. The van der Waals surface area contributed by atoms with E-state index in [0.29, 0.717) is 23.7 Å². The number of benzene rings is 3. The van der Waals surface area contributed by atoms with Crippen LogP contribution in [0.25, 0.3) is 23.0 Å². The average Bonchev–Trinajstić information content (AvgIpc) is 3.30. The smallest absolute Gasteiger partial charge is 0.255 e. The molecule has 1 aliphatic heterocycles. The maximum absolute atomic E-state index is 13.8. The highest BCUT2D eigenvalue weighted by molar-refractivity contribution is 6.32. The maximum atomic E-state index is 13.8. The zero-order valence-corrected chi connectivity index (χ0v) is 22.6. The third kappa shape index (κ3) is 5.54. The van der Waals surface area contributed by atoms with E-state index in [9.17, 15) is 4.79 Å². The van der Waals surface area contributed by atoms with Crippen molar-refractivity contribution < 1.29 is 9.53 Å². The van der Waals surface area contributed by atoms with Crippen LogP contribution in [0.4, 0.5) is 0 Å². The van der Waals surface area contributed by atoms with Gasteiger partial charge in [-0.3, -0.25) is 9.69 Å². The van der Waals surface area contributed by atoms with Crippen LogP contribution in [-0.2, 0) is 0 Å². The van der Waals surface area contributed by atoms with Gasteiger partial charge in [-0.05, 0) is 60.5 Å². The Morgan fingerprint density at radius 1 is 0.921 bits per heavy atom. The standard InChI is InChI=1S/C32H32ClN3O2/c1-24-28(32(37)35-21-19-34(20-22-35)18-8-11-25-9-4-3-5-10-25)23-31(26-14-16-27(38-2)17-15-26)36(24)30-13-7-6-12-29(30)33/h3-17,23H,18-22H2,1-2H3/b11-8+. The molecule has 0 N–H and O–H groups in total. The summed E-state index contributed by atoms with van der Waals surface area (Å²) in [4.78, 5) is 18.1. The van der Waals surface area contributed by atoms with Gasteiger partial charge in [0.25, 0.3) is 5.91 Å². The van der Waals surface area contributed by atoms with Crippen LogP contribution in [0.1, 0.15) is 21.6 Å². The number of rotatable bonds is 7. The number of carbonyl (C=O) groups is 1. The van der Waals surface area contributed by atoms with Gasteiger partial charge in [0.2, 0.25) is 0 Å². The van der Waals surface area contributed by atoms with Crippen molar-refractivity contribution in [1.82, 2.24) is 14.4 Å². The van der Waals surface area contributed by atoms with Crippen molar-refractivity contribution in [3.05, 3.63) is 113 Å². The molecule has 0 radical (unpaired) electrons. The Kier molecular flexibility index (Phi) is 7.97. The van der Waals surface area contributed by atoms with Crippen molar-refractivity contribution in [2.24, 2.45) is 0 Å². The number of aromatic nitrogens is 1. The van der Waals surface area contributed by atoms with E-state index in [2.05, 4.69) is 33.8 Å². The first-order valence-corrected chi connectivity index (χ1v) is 13.3. The first-order valence-electron chi connectivity index (χ1n) is 12.9. The molecule has 0 atom stereocenters. The maximum Gasteiger partial charge on any atom is 0.255 e. The lowest BCUT2D eigenvalue weighted by atomic mass is 10.1. The normalized spacial score (nSPS) is 14.2. The minimum absolute atomic E-state index is 0.0579. The van der Waals surface area contributed by atoms with Crippen LogP contribution in [-0.4, -0.2) is 60.1 Å². The molecule has 0 saturated carbocycles. The summed E-state index contributed by atoms with van der Waals surface area (Å²) in [5, 5.41) is 0.636. The Morgan fingerprint density at radius 3 is 2.29 bits per heavy atom. The molecule has 194 valence electrons. The average molecular weight is 526 g/mol. The number of halogens is 1. The van der Waals surface area contributed by atoms with Crippen LogP contribution in [0.2, 0.25) is 5.02 Å². The minimum Gasteiger partial charge on any atom is -0.497 e. The Balaban J connectivity index is 1.36. The highest BCUT2D eigenvalue weighted by Crippen LogP contribution is 2.34. The van der Waals surface area contributed by atoms with Gasteiger partial charge in [0.1, 0.15) is 5.75 Å². The van der Waals surface area contributed by atoms with E-state index in [1.54, 1.807) is 7.11 Å². The number of piperazine rings is 1. The molecule has 5 rings (SSSR count). The third-order valence-corrected chi connectivity index (χ3v) is 7.41. The van der Waals surface area contributed by atoms with Gasteiger partial charge in [-0.15, -0.1) is 0 Å². The predicted molar refractivity (Wildman–Crippen MR) is 155 cm³/mol. The zero-order valence-electron chi connectivity index (χ0n) is 21.8. The van der Waals surface area contributed by atoms with Crippen LogP contribution in [0.15, 0.2) is 91.0 Å². The largest absolute Gasteiger partial charge is 0.497 e. The van der Waals surface area contributed by atoms with Crippen LogP contribution < -0.4 is 4.74 Å². The molecule has 0 spiro atoms. The van der Waals surface area contributed by atoms with Crippen molar-refractivity contribution >= 4 is 23.6 Å². The number of ether oxygens (including phenoxy) is 1. The molecule has 0 unspecified atom stereocenters. The van der Waals surface area contributed by atoms with Crippen molar-refractivity contribution in [2.75, 3.05) is 39.8 Å². The van der Waals surface area contributed by atoms with Gasteiger partial charge in [0.05, 0.1) is 29.1 Å². The van der Waals surface area contributed by atoms with Crippen molar-refractivity contribution in [1.29, 1.82) is 0 Å². The first-order chi connectivity index (χ1) is 18.5. The van der Waals surface area contributed by atoms with Crippen molar-refractivity contribution in [2.45, 2.75) is 6.92 Å². The Morgan fingerprint density at radius 2 is 1.61 bits per heavy atom. The van der Waals surface area contributed by atoms with Crippen molar-refractivity contribution in [3.8, 4) is 22.7 Å². The molecule has 0 bridgehead atoms. The van der Waals surface area contributed by atoms with E-state index in [0.717, 1.165) is 48.0 Å². The number of amides is 1. The summed E-state index contributed by atoms with van der Waals surface area (Å²) < 4.78 is 7.43. The minimum atomic E-state index is 0.0579. The first kappa shape index (κ1) is 25.8. The molecule has 6 heteroatoms. The lowest BCUT2D eigenvalue weighted by molar-refractivity contribution is 0.0649. The topological polar surface area (TPSA) is 37.7 Å². The molecule has 1 amide bonds. The molecule has 1 aromatic heterocycles. The molecule has 5 nitrogen and oxygen atoms in total. The molecule has 0 aliphatic carbocycles.